The minimum atomic E-state index is -0.439. The van der Waals surface area contributed by atoms with E-state index in [4.69, 9.17) is 9.47 Å². The van der Waals surface area contributed by atoms with Crippen LogP contribution in [0.2, 0.25) is 0 Å². The number of benzene rings is 9. The second kappa shape index (κ2) is 15.0. The van der Waals surface area contributed by atoms with Crippen LogP contribution in [-0.4, -0.2) is 0 Å². The lowest BCUT2D eigenvalue weighted by Gasteiger charge is -2.31. The highest BCUT2D eigenvalue weighted by atomic mass is 16.6. The van der Waals surface area contributed by atoms with Crippen molar-refractivity contribution < 1.29 is 9.47 Å². The van der Waals surface area contributed by atoms with Crippen molar-refractivity contribution in [3.8, 4) is 67.5 Å². The Labute approximate surface area is 386 Å². The normalized spacial score (nSPS) is 15.3. The van der Waals surface area contributed by atoms with E-state index in [1.807, 2.05) is 0 Å². The number of anilines is 2. The van der Waals surface area contributed by atoms with E-state index in [-0.39, 0.29) is 5.92 Å². The molecule has 13 rings (SSSR count). The van der Waals surface area contributed by atoms with E-state index in [1.165, 1.54) is 83.5 Å². The van der Waals surface area contributed by atoms with E-state index in [1.54, 1.807) is 0 Å². The largest absolute Gasteiger partial charge is 0.450 e. The molecule has 3 heteroatoms. The van der Waals surface area contributed by atoms with Crippen molar-refractivity contribution in [1.82, 2.24) is 0 Å². The third-order valence-electron chi connectivity index (χ3n) is 14.4. The Bertz CT molecular complexity index is 3440. The van der Waals surface area contributed by atoms with Crippen LogP contribution in [0.15, 0.2) is 224 Å². The number of hydrogen-bond acceptors (Lipinski definition) is 3. The van der Waals surface area contributed by atoms with Crippen LogP contribution in [0.5, 0.6) is 23.0 Å². The van der Waals surface area contributed by atoms with E-state index >= 15 is 0 Å². The first kappa shape index (κ1) is 38.3. The van der Waals surface area contributed by atoms with Crippen LogP contribution in [0, 0.1) is 13.8 Å². The molecule has 9 aromatic rings. The van der Waals surface area contributed by atoms with Gasteiger partial charge in [0.05, 0.1) is 5.41 Å². The molecular weight excluding hydrogens is 803 g/mol. The van der Waals surface area contributed by atoms with Gasteiger partial charge in [0.25, 0.3) is 0 Å². The summed E-state index contributed by atoms with van der Waals surface area (Å²) >= 11 is 0. The lowest BCUT2D eigenvalue weighted by atomic mass is 9.70. The van der Waals surface area contributed by atoms with Crippen molar-refractivity contribution in [3.05, 3.63) is 263 Å². The molecule has 66 heavy (non-hydrogen) atoms. The molecule has 9 aromatic carbocycles. The third-order valence-corrected chi connectivity index (χ3v) is 14.4. The summed E-state index contributed by atoms with van der Waals surface area (Å²) in [4.78, 5) is 2.38. The average Bonchev–Trinajstić information content (AvgIpc) is 3.83. The molecular formula is C63H45NO2. The zero-order valence-corrected chi connectivity index (χ0v) is 36.8. The fourth-order valence-electron chi connectivity index (χ4n) is 11.1. The predicted molar refractivity (Wildman–Crippen MR) is 269 cm³/mol. The van der Waals surface area contributed by atoms with Crippen LogP contribution >= 0.6 is 0 Å². The number of rotatable bonds is 6. The zero-order chi connectivity index (χ0) is 43.9. The number of nitrogens with zero attached hydrogens (tertiary/aromatic N) is 1. The quantitative estimate of drug-likeness (QED) is 0.166. The fourth-order valence-corrected chi connectivity index (χ4v) is 11.1. The lowest BCUT2D eigenvalue weighted by Crippen LogP contribution is -2.25. The molecule has 1 atom stereocenters. The maximum Gasteiger partial charge on any atom is 0.170 e. The van der Waals surface area contributed by atoms with Gasteiger partial charge in [0.15, 0.2) is 23.0 Å². The molecule has 1 aliphatic heterocycles. The Hall–Kier alpha value is -8.14. The molecule has 314 valence electrons. The molecule has 0 saturated carbocycles. The highest BCUT2D eigenvalue weighted by Gasteiger charge is 2.52. The van der Waals surface area contributed by atoms with Gasteiger partial charge in [0.2, 0.25) is 0 Å². The molecule has 0 radical (unpaired) electrons. The first-order valence-electron chi connectivity index (χ1n) is 23.0. The SMILES string of the molecule is Cc1ccc(-c2ccc(N(C3=CCC(c4ccc5c(c4)Oc4cc6c(cc4O5)C4(c5ccccc5-c5ccccc54)c4ccccc4-6)C=C3)c3cccc(-c4ccccc4)c3)cc2)cc1C. The number of fused-ring (bicyclic) bond motifs is 12. The summed E-state index contributed by atoms with van der Waals surface area (Å²) in [5, 5.41) is 0. The average molecular weight is 848 g/mol. The van der Waals surface area contributed by atoms with E-state index in [0.29, 0.717) is 0 Å². The van der Waals surface area contributed by atoms with Crippen LogP contribution in [-0.2, 0) is 5.41 Å². The van der Waals surface area contributed by atoms with Crippen molar-refractivity contribution in [2.45, 2.75) is 31.6 Å². The van der Waals surface area contributed by atoms with Gasteiger partial charge in [-0.05, 0) is 158 Å². The van der Waals surface area contributed by atoms with Crippen LogP contribution in [0.3, 0.4) is 0 Å². The molecule has 3 aliphatic carbocycles. The third kappa shape index (κ3) is 5.90. The molecule has 1 unspecified atom stereocenters. The molecule has 1 heterocycles. The predicted octanol–water partition coefficient (Wildman–Crippen LogP) is 16.6. The number of aryl methyl sites for hydroxylation is 2. The molecule has 0 aromatic heterocycles. The second-order valence-electron chi connectivity index (χ2n) is 18.1. The van der Waals surface area contributed by atoms with Gasteiger partial charge in [-0.1, -0.05) is 164 Å². The van der Waals surface area contributed by atoms with Crippen molar-refractivity contribution in [1.29, 1.82) is 0 Å². The first-order chi connectivity index (χ1) is 32.5. The molecule has 0 amide bonds. The number of allylic oxidation sites excluding steroid dienone is 3. The van der Waals surface area contributed by atoms with Crippen molar-refractivity contribution in [2.75, 3.05) is 4.90 Å². The molecule has 0 saturated heterocycles. The summed E-state index contributed by atoms with van der Waals surface area (Å²) in [6.45, 7) is 4.35. The fraction of sp³-hybridized carbons (Fsp3) is 0.0794. The summed E-state index contributed by atoms with van der Waals surface area (Å²) in [5.41, 5.74) is 21.7. The molecule has 0 bridgehead atoms. The van der Waals surface area contributed by atoms with E-state index in [0.717, 1.165) is 46.5 Å². The topological polar surface area (TPSA) is 21.7 Å². The van der Waals surface area contributed by atoms with Gasteiger partial charge in [-0.2, -0.15) is 0 Å². The highest BCUT2D eigenvalue weighted by Crippen LogP contribution is 2.64. The Morgan fingerprint density at radius 1 is 0.424 bits per heavy atom. The van der Waals surface area contributed by atoms with Crippen molar-refractivity contribution >= 4 is 11.4 Å². The van der Waals surface area contributed by atoms with Crippen molar-refractivity contribution in [2.24, 2.45) is 0 Å². The minimum absolute atomic E-state index is 0.169. The molecule has 3 nitrogen and oxygen atoms in total. The summed E-state index contributed by atoms with van der Waals surface area (Å²) in [6.07, 6.45) is 7.83. The standard InChI is InChI=1S/C63H45NO2/c1-40-23-24-46(35-41(40)2)43-25-30-48(31-26-43)64(50-16-12-15-45(36-50)42-13-4-3-5-14-42)49-32-27-44(28-33-49)47-29-34-59-60(37-47)66-61-38-54-53-19-8-11-22-57(53)63(58(54)39-62(61)65-59)55-20-9-6-17-51(55)52-18-7-10-21-56(52)63/h3-27,29-39,44H,28H2,1-2H3. The lowest BCUT2D eigenvalue weighted by molar-refractivity contribution is 0.358. The van der Waals surface area contributed by atoms with Gasteiger partial charge in [-0.3, -0.25) is 0 Å². The Morgan fingerprint density at radius 2 is 1.02 bits per heavy atom. The summed E-state index contributed by atoms with van der Waals surface area (Å²) < 4.78 is 13.6. The first-order valence-corrected chi connectivity index (χ1v) is 23.0. The molecule has 1 spiro atoms. The van der Waals surface area contributed by atoms with E-state index in [2.05, 4.69) is 237 Å². The maximum absolute atomic E-state index is 6.84. The van der Waals surface area contributed by atoms with E-state index < -0.39 is 5.41 Å². The summed E-state index contributed by atoms with van der Waals surface area (Å²) in [7, 11) is 0. The monoisotopic (exact) mass is 847 g/mol. The molecule has 4 aliphatic rings. The van der Waals surface area contributed by atoms with E-state index in [9.17, 15) is 0 Å². The molecule has 0 N–H and O–H groups in total. The maximum atomic E-state index is 6.84. The Morgan fingerprint density at radius 3 is 1.71 bits per heavy atom. The van der Waals surface area contributed by atoms with Crippen LogP contribution in [0.25, 0.3) is 44.5 Å². The number of ether oxygens (including phenoxy) is 2. The van der Waals surface area contributed by atoms with Gasteiger partial charge in [-0.15, -0.1) is 0 Å². The van der Waals surface area contributed by atoms with Crippen molar-refractivity contribution in [3.63, 3.8) is 0 Å². The molecule has 0 fully saturated rings. The van der Waals surface area contributed by atoms with Crippen LogP contribution in [0.1, 0.15) is 51.3 Å². The highest BCUT2D eigenvalue weighted by molar-refractivity contribution is 5.96. The zero-order valence-electron chi connectivity index (χ0n) is 36.8. The van der Waals surface area contributed by atoms with Gasteiger partial charge >= 0.3 is 0 Å². The summed E-state index contributed by atoms with van der Waals surface area (Å²) in [6, 6.07) is 72.7. The number of hydrogen-bond donors (Lipinski definition) is 0. The minimum Gasteiger partial charge on any atom is -0.450 e. The Balaban J connectivity index is 0.820. The Kier molecular flexibility index (Phi) is 8.69. The second-order valence-corrected chi connectivity index (χ2v) is 18.1. The van der Waals surface area contributed by atoms with Gasteiger partial charge in [0, 0.05) is 23.0 Å². The summed E-state index contributed by atoms with van der Waals surface area (Å²) in [5.74, 6) is 3.12. The van der Waals surface area contributed by atoms with Crippen LogP contribution < -0.4 is 14.4 Å². The smallest absolute Gasteiger partial charge is 0.170 e. The van der Waals surface area contributed by atoms with Gasteiger partial charge in [-0.25, -0.2) is 0 Å². The van der Waals surface area contributed by atoms with Crippen LogP contribution in [0.4, 0.5) is 11.4 Å². The van der Waals surface area contributed by atoms with Gasteiger partial charge < -0.3 is 14.4 Å². The van der Waals surface area contributed by atoms with Gasteiger partial charge in [0.1, 0.15) is 0 Å².